The fourth-order valence-electron chi connectivity index (χ4n) is 4.02. The van der Waals surface area contributed by atoms with Gasteiger partial charge in [-0.15, -0.1) is 0 Å². The zero-order valence-corrected chi connectivity index (χ0v) is 25.0. The average Bonchev–Trinajstić information content (AvgIpc) is 2.95. The number of para-hydroxylation sites is 2. The van der Waals surface area contributed by atoms with Crippen LogP contribution >= 0.6 is 23.2 Å². The van der Waals surface area contributed by atoms with Crippen LogP contribution in [0.4, 0.5) is 5.69 Å². The molecule has 0 aliphatic rings. The summed E-state index contributed by atoms with van der Waals surface area (Å²) in [6.45, 7) is 3.44. The molecule has 1 atom stereocenters. The third-order valence-corrected chi connectivity index (χ3v) is 8.68. The van der Waals surface area contributed by atoms with Crippen molar-refractivity contribution in [3.05, 3.63) is 88.4 Å². The molecular formula is C29H33Cl2N3O5S. The number of anilines is 1. The lowest BCUT2D eigenvalue weighted by Gasteiger charge is -2.32. The molecule has 0 radical (unpaired) electrons. The molecule has 3 aromatic rings. The Hall–Kier alpha value is -3.27. The summed E-state index contributed by atoms with van der Waals surface area (Å²) in [7, 11) is -2.78. The maximum atomic E-state index is 14.0. The second kappa shape index (κ2) is 14.4. The lowest BCUT2D eigenvalue weighted by Crippen LogP contribution is -2.51. The summed E-state index contributed by atoms with van der Waals surface area (Å²) >= 11 is 12.5. The first-order valence-corrected chi connectivity index (χ1v) is 15.0. The van der Waals surface area contributed by atoms with Gasteiger partial charge in [0.15, 0.2) is 0 Å². The van der Waals surface area contributed by atoms with E-state index in [0.29, 0.717) is 22.2 Å². The number of nitrogens with one attached hydrogen (secondary N) is 1. The van der Waals surface area contributed by atoms with E-state index in [2.05, 4.69) is 5.32 Å². The molecule has 1 N–H and O–H groups in total. The van der Waals surface area contributed by atoms with E-state index in [1.807, 2.05) is 6.92 Å². The molecule has 40 heavy (non-hydrogen) atoms. The molecule has 3 rings (SSSR count). The summed E-state index contributed by atoms with van der Waals surface area (Å²) < 4.78 is 34.2. The first-order chi connectivity index (χ1) is 19.1. The quantitative estimate of drug-likeness (QED) is 0.258. The fraction of sp³-hybridized carbons (Fsp3) is 0.310. The standard InChI is InChI=1S/C29H33Cl2N3O5S/c1-4-5-17-32-29(36)21(2)33(19-22-15-16-23(30)18-25(22)31)28(35)20-34(26-13-9-10-14-27(26)39-3)40(37,38)24-11-7-6-8-12-24/h6-16,18,21H,4-5,17,19-20H2,1-3H3,(H,32,36)/t21-/m1/s1. The highest BCUT2D eigenvalue weighted by molar-refractivity contribution is 7.92. The monoisotopic (exact) mass is 605 g/mol. The minimum Gasteiger partial charge on any atom is -0.495 e. The van der Waals surface area contributed by atoms with E-state index in [1.165, 1.54) is 24.1 Å². The fourth-order valence-corrected chi connectivity index (χ4v) is 5.93. The number of unbranched alkanes of at least 4 members (excludes halogenated alkanes) is 1. The van der Waals surface area contributed by atoms with Crippen LogP contribution in [0, 0.1) is 0 Å². The number of benzene rings is 3. The maximum absolute atomic E-state index is 14.0. The van der Waals surface area contributed by atoms with Crippen LogP contribution in [0.25, 0.3) is 0 Å². The van der Waals surface area contributed by atoms with Crippen LogP contribution in [-0.2, 0) is 26.2 Å². The molecule has 0 saturated carbocycles. The number of carbonyl (C=O) groups is 2. The highest BCUT2D eigenvalue weighted by Crippen LogP contribution is 2.32. The minimum absolute atomic E-state index is 0.00589. The Kier molecular flexibility index (Phi) is 11.2. The Morgan fingerprint density at radius 2 is 1.68 bits per heavy atom. The number of rotatable bonds is 13. The van der Waals surface area contributed by atoms with E-state index >= 15 is 0 Å². The summed E-state index contributed by atoms with van der Waals surface area (Å²) in [5, 5.41) is 3.59. The Labute approximate surface area is 245 Å². The Balaban J connectivity index is 2.05. The van der Waals surface area contributed by atoms with Crippen LogP contribution < -0.4 is 14.4 Å². The van der Waals surface area contributed by atoms with Crippen molar-refractivity contribution >= 4 is 50.7 Å². The van der Waals surface area contributed by atoms with Gasteiger partial charge in [0.25, 0.3) is 10.0 Å². The number of amides is 2. The van der Waals surface area contributed by atoms with Gasteiger partial charge in [-0.2, -0.15) is 0 Å². The van der Waals surface area contributed by atoms with Gasteiger partial charge in [0.05, 0.1) is 17.7 Å². The van der Waals surface area contributed by atoms with Crippen LogP contribution in [0.15, 0.2) is 77.7 Å². The molecule has 214 valence electrons. The van der Waals surface area contributed by atoms with E-state index < -0.39 is 28.5 Å². The van der Waals surface area contributed by atoms with E-state index in [9.17, 15) is 18.0 Å². The van der Waals surface area contributed by atoms with Crippen molar-refractivity contribution in [1.82, 2.24) is 10.2 Å². The number of halogens is 2. The van der Waals surface area contributed by atoms with Gasteiger partial charge in [0.2, 0.25) is 11.8 Å². The number of ether oxygens (including phenoxy) is 1. The van der Waals surface area contributed by atoms with Crippen molar-refractivity contribution in [2.75, 3.05) is 24.5 Å². The van der Waals surface area contributed by atoms with Crippen LogP contribution in [0.1, 0.15) is 32.3 Å². The van der Waals surface area contributed by atoms with Crippen molar-refractivity contribution in [1.29, 1.82) is 0 Å². The molecule has 11 heteroatoms. The average molecular weight is 607 g/mol. The van der Waals surface area contributed by atoms with E-state index in [1.54, 1.807) is 67.6 Å². The largest absolute Gasteiger partial charge is 0.495 e. The number of nitrogens with zero attached hydrogens (tertiary/aromatic N) is 2. The zero-order valence-electron chi connectivity index (χ0n) is 22.6. The molecule has 2 amide bonds. The number of hydrogen-bond acceptors (Lipinski definition) is 5. The molecule has 0 spiro atoms. The summed E-state index contributed by atoms with van der Waals surface area (Å²) in [4.78, 5) is 28.4. The highest BCUT2D eigenvalue weighted by atomic mass is 35.5. The molecule has 0 aliphatic carbocycles. The predicted molar refractivity (Wildman–Crippen MR) is 158 cm³/mol. The smallest absolute Gasteiger partial charge is 0.264 e. The number of hydrogen-bond donors (Lipinski definition) is 1. The lowest BCUT2D eigenvalue weighted by molar-refractivity contribution is -0.139. The van der Waals surface area contributed by atoms with E-state index in [4.69, 9.17) is 27.9 Å². The van der Waals surface area contributed by atoms with Crippen LogP contribution in [0.2, 0.25) is 10.0 Å². The van der Waals surface area contributed by atoms with Crippen LogP contribution in [-0.4, -0.2) is 51.4 Å². The van der Waals surface area contributed by atoms with Crippen LogP contribution in [0.5, 0.6) is 5.75 Å². The van der Waals surface area contributed by atoms with Gasteiger partial charge < -0.3 is 15.0 Å². The van der Waals surface area contributed by atoms with E-state index in [-0.39, 0.29) is 28.8 Å². The molecule has 0 aromatic heterocycles. The molecule has 8 nitrogen and oxygen atoms in total. The third kappa shape index (κ3) is 7.68. The molecule has 0 aliphatic heterocycles. The van der Waals surface area contributed by atoms with Gasteiger partial charge in [-0.05, 0) is 55.3 Å². The van der Waals surface area contributed by atoms with Crippen molar-refractivity contribution < 1.29 is 22.7 Å². The van der Waals surface area contributed by atoms with Gasteiger partial charge in [-0.3, -0.25) is 13.9 Å². The van der Waals surface area contributed by atoms with Crippen molar-refractivity contribution in [3.8, 4) is 5.75 Å². The first-order valence-electron chi connectivity index (χ1n) is 12.8. The van der Waals surface area contributed by atoms with Crippen molar-refractivity contribution in [2.45, 2.75) is 44.2 Å². The Morgan fingerprint density at radius 3 is 2.33 bits per heavy atom. The second-order valence-electron chi connectivity index (χ2n) is 9.07. The first kappa shape index (κ1) is 31.3. The predicted octanol–water partition coefficient (Wildman–Crippen LogP) is 5.53. The number of sulfonamides is 1. The minimum atomic E-state index is -4.20. The van der Waals surface area contributed by atoms with Crippen molar-refractivity contribution in [2.24, 2.45) is 0 Å². The molecule has 3 aromatic carbocycles. The molecule has 0 fully saturated rings. The third-order valence-electron chi connectivity index (χ3n) is 6.32. The topological polar surface area (TPSA) is 96.0 Å². The lowest BCUT2D eigenvalue weighted by atomic mass is 10.1. The molecule has 0 saturated heterocycles. The molecule has 0 bridgehead atoms. The number of carbonyl (C=O) groups excluding carboxylic acids is 2. The number of methoxy groups -OCH3 is 1. The molecular weight excluding hydrogens is 573 g/mol. The Morgan fingerprint density at radius 1 is 1.00 bits per heavy atom. The summed E-state index contributed by atoms with van der Waals surface area (Å²) in [5.41, 5.74) is 0.745. The second-order valence-corrected chi connectivity index (χ2v) is 11.8. The SMILES string of the molecule is CCCCNC(=O)[C@@H](C)N(Cc1ccc(Cl)cc1Cl)C(=O)CN(c1ccccc1OC)S(=O)(=O)c1ccccc1. The molecule has 0 unspecified atom stereocenters. The van der Waals surface area contributed by atoms with Gasteiger partial charge in [0, 0.05) is 23.1 Å². The summed E-state index contributed by atoms with van der Waals surface area (Å²) in [6.07, 6.45) is 1.68. The van der Waals surface area contributed by atoms with E-state index in [0.717, 1.165) is 17.1 Å². The van der Waals surface area contributed by atoms with Gasteiger partial charge in [-0.25, -0.2) is 8.42 Å². The Bertz CT molecular complexity index is 1420. The van der Waals surface area contributed by atoms with Gasteiger partial charge in [0.1, 0.15) is 18.3 Å². The summed E-state index contributed by atoms with van der Waals surface area (Å²) in [6, 6.07) is 18.3. The highest BCUT2D eigenvalue weighted by Gasteiger charge is 2.33. The van der Waals surface area contributed by atoms with Gasteiger partial charge in [-0.1, -0.05) is 72.9 Å². The zero-order chi connectivity index (χ0) is 29.3. The normalized spacial score (nSPS) is 11.9. The maximum Gasteiger partial charge on any atom is 0.264 e. The molecule has 0 heterocycles. The van der Waals surface area contributed by atoms with Crippen LogP contribution in [0.3, 0.4) is 0 Å². The van der Waals surface area contributed by atoms with Crippen molar-refractivity contribution in [3.63, 3.8) is 0 Å². The summed E-state index contributed by atoms with van der Waals surface area (Å²) in [5.74, 6) is -0.691. The van der Waals surface area contributed by atoms with Gasteiger partial charge >= 0.3 is 0 Å².